The van der Waals surface area contributed by atoms with Gasteiger partial charge in [0.15, 0.2) is 9.84 Å². The van der Waals surface area contributed by atoms with Gasteiger partial charge < -0.3 is 4.90 Å². The van der Waals surface area contributed by atoms with Gasteiger partial charge in [-0.1, -0.05) is 6.92 Å². The van der Waals surface area contributed by atoms with Crippen LogP contribution in [0.25, 0.3) is 0 Å². The molecule has 1 aliphatic heterocycles. The van der Waals surface area contributed by atoms with E-state index in [1.807, 2.05) is 6.92 Å². The Morgan fingerprint density at radius 2 is 1.74 bits per heavy atom. The number of hydrogen-bond donors (Lipinski definition) is 0. The number of sulfone groups is 1. The quantitative estimate of drug-likeness (QED) is 0.574. The topological polar surface area (TPSA) is 83.8 Å². The predicted molar refractivity (Wildman–Crippen MR) is 88.3 cm³/mol. The number of hydrogen-bond acceptors (Lipinski definition) is 6. The monoisotopic (exact) mass is 341 g/mol. The van der Waals surface area contributed by atoms with Crippen molar-refractivity contribution >= 4 is 15.5 Å². The molecule has 0 aliphatic carbocycles. The Labute approximate surface area is 137 Å². The summed E-state index contributed by atoms with van der Waals surface area (Å²) in [5, 5.41) is 10.6. The maximum Gasteiger partial charge on any atom is 0.269 e. The lowest BCUT2D eigenvalue weighted by atomic mass is 10.2. The molecule has 23 heavy (non-hydrogen) atoms. The minimum absolute atomic E-state index is 0.0247. The summed E-state index contributed by atoms with van der Waals surface area (Å²) in [5.74, 6) is 0.0247. The average molecular weight is 341 g/mol. The summed E-state index contributed by atoms with van der Waals surface area (Å²) in [6, 6.07) is 5.02. The molecule has 7 nitrogen and oxygen atoms in total. The largest absolute Gasteiger partial charge is 0.301 e. The fourth-order valence-corrected chi connectivity index (χ4v) is 4.40. The molecule has 0 unspecified atom stereocenters. The lowest BCUT2D eigenvalue weighted by Crippen LogP contribution is -2.50. The number of nitrogens with zero attached hydrogens (tertiary/aromatic N) is 3. The van der Waals surface area contributed by atoms with Crippen molar-refractivity contribution in [1.82, 2.24) is 9.80 Å². The summed E-state index contributed by atoms with van der Waals surface area (Å²) in [7, 11) is -3.45. The highest BCUT2D eigenvalue weighted by Gasteiger charge is 2.26. The van der Waals surface area contributed by atoms with Gasteiger partial charge in [0.1, 0.15) is 0 Å². The fraction of sp³-hybridized carbons (Fsp3) is 0.600. The first-order valence-corrected chi connectivity index (χ1v) is 9.42. The number of nitro groups is 1. The van der Waals surface area contributed by atoms with E-state index >= 15 is 0 Å². The van der Waals surface area contributed by atoms with Gasteiger partial charge in [-0.05, 0) is 25.6 Å². The molecule has 1 fully saturated rings. The lowest BCUT2D eigenvalue weighted by molar-refractivity contribution is -0.384. The first-order valence-electron chi connectivity index (χ1n) is 7.77. The number of non-ortho nitro benzene ring substituents is 1. The number of rotatable bonds is 6. The van der Waals surface area contributed by atoms with Crippen LogP contribution in [0.15, 0.2) is 29.2 Å². The highest BCUT2D eigenvalue weighted by Crippen LogP contribution is 2.19. The number of benzene rings is 1. The summed E-state index contributed by atoms with van der Waals surface area (Å²) in [6.07, 6.45) is 0. The van der Waals surface area contributed by atoms with E-state index in [1.54, 1.807) is 0 Å². The smallest absolute Gasteiger partial charge is 0.269 e. The standard InChI is InChI=1S/C15H23N3O4S/c1-3-16-8-10-17(11-9-16)13(2)12-23(21,22)15-6-4-14(5-7-15)18(19)20/h4-7,13H,3,8-12H2,1-2H3/t13-/m0/s1. The molecule has 1 aromatic carbocycles. The second-order valence-electron chi connectivity index (χ2n) is 5.85. The molecule has 1 aliphatic rings. The maximum atomic E-state index is 12.5. The number of likely N-dealkylation sites (N-methyl/N-ethyl adjacent to an activating group) is 1. The summed E-state index contributed by atoms with van der Waals surface area (Å²) >= 11 is 0. The maximum absolute atomic E-state index is 12.5. The molecule has 1 atom stereocenters. The van der Waals surface area contributed by atoms with Gasteiger partial charge in [0, 0.05) is 44.4 Å². The van der Waals surface area contributed by atoms with E-state index in [0.717, 1.165) is 32.7 Å². The van der Waals surface area contributed by atoms with Crippen LogP contribution >= 0.6 is 0 Å². The van der Waals surface area contributed by atoms with Crippen molar-refractivity contribution in [3.8, 4) is 0 Å². The van der Waals surface area contributed by atoms with Crippen LogP contribution in [0, 0.1) is 10.1 Å². The third-order valence-corrected chi connectivity index (χ3v) is 6.26. The van der Waals surface area contributed by atoms with Crippen molar-refractivity contribution in [3.63, 3.8) is 0 Å². The van der Waals surface area contributed by atoms with Gasteiger partial charge in [0.25, 0.3) is 5.69 Å². The number of nitro benzene ring substituents is 1. The normalized spacial score (nSPS) is 18.7. The molecule has 2 rings (SSSR count). The number of piperazine rings is 1. The highest BCUT2D eigenvalue weighted by atomic mass is 32.2. The van der Waals surface area contributed by atoms with Crippen LogP contribution in [-0.2, 0) is 9.84 Å². The van der Waals surface area contributed by atoms with E-state index in [0.29, 0.717) is 0 Å². The molecule has 0 saturated carbocycles. The molecule has 0 bridgehead atoms. The van der Waals surface area contributed by atoms with Crippen LogP contribution in [0.4, 0.5) is 5.69 Å². The zero-order valence-electron chi connectivity index (χ0n) is 13.5. The van der Waals surface area contributed by atoms with E-state index in [-0.39, 0.29) is 22.4 Å². The van der Waals surface area contributed by atoms with E-state index in [9.17, 15) is 18.5 Å². The summed E-state index contributed by atoms with van der Waals surface area (Å²) in [5.41, 5.74) is -0.104. The van der Waals surface area contributed by atoms with Gasteiger partial charge in [-0.3, -0.25) is 15.0 Å². The van der Waals surface area contributed by atoms with Gasteiger partial charge in [0.2, 0.25) is 0 Å². The average Bonchev–Trinajstić information content (AvgIpc) is 2.54. The molecular formula is C15H23N3O4S. The Morgan fingerprint density at radius 1 is 1.17 bits per heavy atom. The van der Waals surface area contributed by atoms with Crippen molar-refractivity contribution in [2.45, 2.75) is 24.8 Å². The third-order valence-electron chi connectivity index (χ3n) is 4.34. The molecule has 8 heteroatoms. The van der Waals surface area contributed by atoms with Crippen LogP contribution in [0.3, 0.4) is 0 Å². The first-order chi connectivity index (χ1) is 10.8. The lowest BCUT2D eigenvalue weighted by Gasteiger charge is -2.37. The fourth-order valence-electron chi connectivity index (χ4n) is 2.81. The van der Waals surface area contributed by atoms with Gasteiger partial charge in [-0.15, -0.1) is 0 Å². The second-order valence-corrected chi connectivity index (χ2v) is 7.89. The van der Waals surface area contributed by atoms with Crippen molar-refractivity contribution in [3.05, 3.63) is 34.4 Å². The summed E-state index contributed by atoms with van der Waals surface area (Å²) in [4.78, 5) is 14.8. The molecule has 0 amide bonds. The van der Waals surface area contributed by atoms with E-state index < -0.39 is 14.8 Å². The minimum Gasteiger partial charge on any atom is -0.301 e. The zero-order valence-corrected chi connectivity index (χ0v) is 14.3. The van der Waals surface area contributed by atoms with Gasteiger partial charge in [-0.2, -0.15) is 0 Å². The van der Waals surface area contributed by atoms with E-state index in [1.165, 1.54) is 24.3 Å². The third kappa shape index (κ3) is 4.49. The molecule has 1 saturated heterocycles. The molecular weight excluding hydrogens is 318 g/mol. The molecule has 1 aromatic rings. The Hall–Kier alpha value is -1.51. The minimum atomic E-state index is -3.45. The van der Waals surface area contributed by atoms with Crippen LogP contribution in [-0.4, -0.2) is 67.7 Å². The molecule has 1 heterocycles. The Morgan fingerprint density at radius 3 is 2.22 bits per heavy atom. The van der Waals surface area contributed by atoms with Crippen LogP contribution in [0.5, 0.6) is 0 Å². The Kier molecular flexibility index (Phi) is 5.72. The Balaban J connectivity index is 2.01. The van der Waals surface area contributed by atoms with Crippen molar-refractivity contribution in [1.29, 1.82) is 0 Å². The molecule has 0 spiro atoms. The molecule has 0 radical (unpaired) electrons. The van der Waals surface area contributed by atoms with Crippen LogP contribution in [0.1, 0.15) is 13.8 Å². The molecule has 128 valence electrons. The van der Waals surface area contributed by atoms with Gasteiger partial charge in [-0.25, -0.2) is 8.42 Å². The van der Waals surface area contributed by atoms with E-state index in [4.69, 9.17) is 0 Å². The predicted octanol–water partition coefficient (Wildman–Crippen LogP) is 1.39. The van der Waals surface area contributed by atoms with Crippen molar-refractivity contribution in [2.24, 2.45) is 0 Å². The first kappa shape index (κ1) is 17.8. The van der Waals surface area contributed by atoms with E-state index in [2.05, 4.69) is 16.7 Å². The summed E-state index contributed by atoms with van der Waals surface area (Å²) in [6.45, 7) is 8.71. The van der Waals surface area contributed by atoms with Gasteiger partial charge in [0.05, 0.1) is 15.6 Å². The van der Waals surface area contributed by atoms with Gasteiger partial charge >= 0.3 is 0 Å². The van der Waals surface area contributed by atoms with Crippen LogP contribution < -0.4 is 0 Å². The molecule has 0 aromatic heterocycles. The van der Waals surface area contributed by atoms with Crippen LogP contribution in [0.2, 0.25) is 0 Å². The van der Waals surface area contributed by atoms with Crippen molar-refractivity contribution < 1.29 is 13.3 Å². The SMILES string of the molecule is CCN1CCN([C@@H](C)CS(=O)(=O)c2ccc([N+](=O)[O-])cc2)CC1. The highest BCUT2D eigenvalue weighted by molar-refractivity contribution is 7.91. The molecule has 0 N–H and O–H groups in total. The zero-order chi connectivity index (χ0) is 17.0. The second kappa shape index (κ2) is 7.37. The Bertz CT molecular complexity index is 637. The van der Waals surface area contributed by atoms with Crippen molar-refractivity contribution in [2.75, 3.05) is 38.5 Å². The summed E-state index contributed by atoms with van der Waals surface area (Å²) < 4.78 is 25.0.